The van der Waals surface area contributed by atoms with Gasteiger partial charge in [0.15, 0.2) is 5.16 Å². The summed E-state index contributed by atoms with van der Waals surface area (Å²) >= 11 is 1.61. The van der Waals surface area contributed by atoms with Crippen LogP contribution in [-0.2, 0) is 6.54 Å². The second-order valence-electron chi connectivity index (χ2n) is 3.15. The number of aromatic nitrogens is 2. The van der Waals surface area contributed by atoms with Gasteiger partial charge in [0.05, 0.1) is 23.5 Å². The Morgan fingerprint density at radius 3 is 3.00 bits per heavy atom. The molecule has 1 aromatic heterocycles. The molecule has 3 nitrogen and oxygen atoms in total. The summed E-state index contributed by atoms with van der Waals surface area (Å²) in [5, 5.41) is 9.59. The zero-order valence-electron chi connectivity index (χ0n) is 8.47. The molecule has 0 spiro atoms. The molecule has 0 saturated carbocycles. The Kier molecular flexibility index (Phi) is 2.93. The number of benzene rings is 1. The molecule has 2 aromatic rings. The summed E-state index contributed by atoms with van der Waals surface area (Å²) in [5.74, 6) is 0. The summed E-state index contributed by atoms with van der Waals surface area (Å²) in [6, 6.07) is 10.2. The molecule has 0 unspecified atom stereocenters. The molecule has 0 bridgehead atoms. The number of aryl methyl sites for hydroxylation is 1. The Labute approximate surface area is 92.7 Å². The molecule has 0 aliphatic carbocycles. The highest BCUT2D eigenvalue weighted by Gasteiger charge is 2.08. The van der Waals surface area contributed by atoms with Crippen LogP contribution >= 0.6 is 11.8 Å². The minimum atomic E-state index is 0.522. The van der Waals surface area contributed by atoms with E-state index in [0.717, 1.165) is 16.2 Å². The molecule has 76 valence electrons. The highest BCUT2D eigenvalue weighted by atomic mass is 32.2. The zero-order valence-corrected chi connectivity index (χ0v) is 9.29. The van der Waals surface area contributed by atoms with E-state index in [4.69, 9.17) is 5.26 Å². The fourth-order valence-electron chi connectivity index (χ4n) is 1.59. The number of rotatable bonds is 3. The summed E-state index contributed by atoms with van der Waals surface area (Å²) in [6.07, 6.45) is 2.53. The number of thioether (sulfide) groups is 1. The van der Waals surface area contributed by atoms with Gasteiger partial charge in [-0.05, 0) is 18.4 Å². The normalized spacial score (nSPS) is 10.4. The van der Waals surface area contributed by atoms with Crippen LogP contribution in [0.25, 0.3) is 11.0 Å². The number of hydrogen-bond donors (Lipinski definition) is 0. The average molecular weight is 217 g/mol. The van der Waals surface area contributed by atoms with Gasteiger partial charge in [-0.3, -0.25) is 0 Å². The van der Waals surface area contributed by atoms with Crippen LogP contribution in [0.1, 0.15) is 6.42 Å². The lowest BCUT2D eigenvalue weighted by molar-refractivity contribution is 0.667. The third-order valence-corrected chi connectivity index (χ3v) is 2.93. The SMILES string of the molecule is CSc1nc2ccccc2n1CCC#N. The lowest BCUT2D eigenvalue weighted by atomic mass is 10.3. The van der Waals surface area contributed by atoms with Crippen LogP contribution in [0.3, 0.4) is 0 Å². The molecule has 2 rings (SSSR count). The van der Waals surface area contributed by atoms with Crippen molar-refractivity contribution >= 4 is 22.8 Å². The highest BCUT2D eigenvalue weighted by Crippen LogP contribution is 2.22. The first kappa shape index (κ1) is 10.1. The molecule has 4 heteroatoms. The monoisotopic (exact) mass is 217 g/mol. The van der Waals surface area contributed by atoms with Crippen molar-refractivity contribution in [2.75, 3.05) is 6.26 Å². The molecular formula is C11H11N3S. The van der Waals surface area contributed by atoms with Gasteiger partial charge in [-0.2, -0.15) is 5.26 Å². The fourth-order valence-corrected chi connectivity index (χ4v) is 2.19. The maximum Gasteiger partial charge on any atom is 0.168 e. The Hall–Kier alpha value is -1.47. The van der Waals surface area contributed by atoms with E-state index in [2.05, 4.69) is 15.6 Å². The molecule has 0 aliphatic heterocycles. The van der Waals surface area contributed by atoms with Crippen molar-refractivity contribution in [2.24, 2.45) is 0 Å². The van der Waals surface area contributed by atoms with E-state index < -0.39 is 0 Å². The van der Waals surface area contributed by atoms with E-state index in [1.165, 1.54) is 0 Å². The first-order chi connectivity index (χ1) is 7.36. The molecule has 0 fully saturated rings. The number of nitriles is 1. The van der Waals surface area contributed by atoms with Gasteiger partial charge in [0.2, 0.25) is 0 Å². The minimum absolute atomic E-state index is 0.522. The van der Waals surface area contributed by atoms with Gasteiger partial charge in [-0.1, -0.05) is 23.9 Å². The maximum absolute atomic E-state index is 8.61. The molecule has 0 radical (unpaired) electrons. The van der Waals surface area contributed by atoms with Gasteiger partial charge in [-0.15, -0.1) is 0 Å². The van der Waals surface area contributed by atoms with Crippen molar-refractivity contribution in [2.45, 2.75) is 18.1 Å². The predicted octanol–water partition coefficient (Wildman–Crippen LogP) is 2.67. The van der Waals surface area contributed by atoms with Crippen LogP contribution in [0.15, 0.2) is 29.4 Å². The van der Waals surface area contributed by atoms with Gasteiger partial charge in [-0.25, -0.2) is 4.98 Å². The first-order valence-electron chi connectivity index (χ1n) is 4.73. The molecule has 0 aliphatic rings. The van der Waals surface area contributed by atoms with Crippen LogP contribution in [-0.4, -0.2) is 15.8 Å². The standard InChI is InChI=1S/C11H11N3S/c1-15-11-13-9-5-2-3-6-10(9)14(11)8-4-7-12/h2-3,5-6H,4,8H2,1H3. The second kappa shape index (κ2) is 4.37. The van der Waals surface area contributed by atoms with Crippen molar-refractivity contribution in [1.29, 1.82) is 5.26 Å². The van der Waals surface area contributed by atoms with Gasteiger partial charge in [0, 0.05) is 6.54 Å². The van der Waals surface area contributed by atoms with E-state index in [1.807, 2.05) is 30.5 Å². The molecule has 1 aromatic carbocycles. The van der Waals surface area contributed by atoms with E-state index in [-0.39, 0.29) is 0 Å². The molecule has 0 atom stereocenters. The third-order valence-electron chi connectivity index (χ3n) is 2.25. The quantitative estimate of drug-likeness (QED) is 0.742. The van der Waals surface area contributed by atoms with Gasteiger partial charge >= 0.3 is 0 Å². The first-order valence-corrected chi connectivity index (χ1v) is 5.95. The van der Waals surface area contributed by atoms with Crippen LogP contribution in [0.4, 0.5) is 0 Å². The van der Waals surface area contributed by atoms with Crippen molar-refractivity contribution < 1.29 is 0 Å². The number of nitrogens with zero attached hydrogens (tertiary/aromatic N) is 3. The predicted molar refractivity (Wildman–Crippen MR) is 61.7 cm³/mol. The molecular weight excluding hydrogens is 206 g/mol. The third kappa shape index (κ3) is 1.83. The minimum Gasteiger partial charge on any atom is -0.318 e. The largest absolute Gasteiger partial charge is 0.318 e. The van der Waals surface area contributed by atoms with Gasteiger partial charge in [0.1, 0.15) is 0 Å². The smallest absolute Gasteiger partial charge is 0.168 e. The Morgan fingerprint density at radius 1 is 1.47 bits per heavy atom. The number of fused-ring (bicyclic) bond motifs is 1. The Morgan fingerprint density at radius 2 is 2.27 bits per heavy atom. The Balaban J connectivity index is 2.52. The van der Waals surface area contributed by atoms with Crippen molar-refractivity contribution in [3.8, 4) is 6.07 Å². The highest BCUT2D eigenvalue weighted by molar-refractivity contribution is 7.98. The van der Waals surface area contributed by atoms with Crippen LogP contribution < -0.4 is 0 Å². The topological polar surface area (TPSA) is 41.6 Å². The van der Waals surface area contributed by atoms with E-state index >= 15 is 0 Å². The molecule has 0 saturated heterocycles. The van der Waals surface area contributed by atoms with Crippen LogP contribution in [0, 0.1) is 11.3 Å². The molecule has 15 heavy (non-hydrogen) atoms. The molecule has 0 amide bonds. The van der Waals surface area contributed by atoms with Gasteiger partial charge < -0.3 is 4.57 Å². The number of para-hydroxylation sites is 2. The maximum atomic E-state index is 8.61. The number of hydrogen-bond acceptors (Lipinski definition) is 3. The fraction of sp³-hybridized carbons (Fsp3) is 0.273. The molecule has 0 N–H and O–H groups in total. The van der Waals surface area contributed by atoms with Crippen molar-refractivity contribution in [3.05, 3.63) is 24.3 Å². The van der Waals surface area contributed by atoms with Crippen molar-refractivity contribution in [1.82, 2.24) is 9.55 Å². The summed E-state index contributed by atoms with van der Waals surface area (Å²) in [6.45, 7) is 0.715. The van der Waals surface area contributed by atoms with Crippen molar-refractivity contribution in [3.63, 3.8) is 0 Å². The summed E-state index contributed by atoms with van der Waals surface area (Å²) in [7, 11) is 0. The van der Waals surface area contributed by atoms with Crippen LogP contribution in [0.2, 0.25) is 0 Å². The number of imidazole rings is 1. The summed E-state index contributed by atoms with van der Waals surface area (Å²) in [4.78, 5) is 4.50. The summed E-state index contributed by atoms with van der Waals surface area (Å²) < 4.78 is 2.10. The van der Waals surface area contributed by atoms with Crippen LogP contribution in [0.5, 0.6) is 0 Å². The lowest BCUT2D eigenvalue weighted by Crippen LogP contribution is -1.98. The van der Waals surface area contributed by atoms with E-state index in [9.17, 15) is 0 Å². The van der Waals surface area contributed by atoms with Gasteiger partial charge in [0.25, 0.3) is 0 Å². The average Bonchev–Trinajstić information content (AvgIpc) is 2.64. The Bertz CT molecular complexity index is 510. The van der Waals surface area contributed by atoms with E-state index in [1.54, 1.807) is 11.8 Å². The molecule has 1 heterocycles. The zero-order chi connectivity index (χ0) is 10.7. The second-order valence-corrected chi connectivity index (χ2v) is 3.92. The summed E-state index contributed by atoms with van der Waals surface area (Å²) in [5.41, 5.74) is 2.11. The lowest BCUT2D eigenvalue weighted by Gasteiger charge is -2.03. The van der Waals surface area contributed by atoms with E-state index in [0.29, 0.717) is 13.0 Å².